The molecule has 0 bridgehead atoms. The van der Waals surface area contributed by atoms with Crippen molar-refractivity contribution >= 4 is 71.5 Å². The van der Waals surface area contributed by atoms with Crippen molar-refractivity contribution in [3.05, 3.63) is 109 Å². The summed E-state index contributed by atoms with van der Waals surface area (Å²) in [5.41, 5.74) is 1.73. The largest absolute Gasteiger partial charge is 0.455 e. The van der Waals surface area contributed by atoms with Crippen LogP contribution in [0.2, 0.25) is 5.02 Å². The maximum absolute atomic E-state index is 13.4. The Morgan fingerprint density at radius 3 is 2.64 bits per heavy atom. The highest BCUT2D eigenvalue weighted by Gasteiger charge is 2.17. The Kier molecular flexibility index (Phi) is 5.87. The minimum absolute atomic E-state index is 0.286. The minimum atomic E-state index is -0.319. The van der Waals surface area contributed by atoms with Crippen LogP contribution in [0.3, 0.4) is 0 Å². The van der Waals surface area contributed by atoms with Gasteiger partial charge in [0.25, 0.3) is 5.56 Å². The number of hydrogen-bond donors (Lipinski definition) is 0. The molecule has 3 heterocycles. The van der Waals surface area contributed by atoms with Crippen molar-refractivity contribution in [2.75, 3.05) is 0 Å². The molecule has 9 heteroatoms. The normalized spacial score (nSPS) is 11.8. The monoisotopic (exact) mass is 621 g/mol. The molecule has 0 unspecified atom stereocenters. The lowest BCUT2D eigenvalue weighted by Gasteiger charge is -2.06. The summed E-state index contributed by atoms with van der Waals surface area (Å²) >= 11 is 13.1. The number of rotatable bonds is 4. The van der Waals surface area contributed by atoms with Gasteiger partial charge in [0, 0.05) is 19.9 Å². The molecule has 6 rings (SSSR count). The van der Waals surface area contributed by atoms with Gasteiger partial charge in [-0.2, -0.15) is 9.78 Å². The van der Waals surface area contributed by atoms with Crippen LogP contribution in [0.1, 0.15) is 5.76 Å². The van der Waals surface area contributed by atoms with Gasteiger partial charge in [0.05, 0.1) is 22.1 Å². The fourth-order valence-electron chi connectivity index (χ4n) is 3.86. The van der Waals surface area contributed by atoms with E-state index < -0.39 is 0 Å². The molecule has 3 aromatic carbocycles. The van der Waals surface area contributed by atoms with Crippen LogP contribution in [-0.2, 0) is 0 Å². The molecule has 6 nitrogen and oxygen atoms in total. The summed E-state index contributed by atoms with van der Waals surface area (Å²) in [5.74, 6) is 1.79. The van der Waals surface area contributed by atoms with E-state index in [1.165, 1.54) is 10.9 Å². The summed E-state index contributed by atoms with van der Waals surface area (Å²) in [4.78, 5) is 18.1. The van der Waals surface area contributed by atoms with Gasteiger partial charge in [-0.1, -0.05) is 45.7 Å². The molecule has 0 atom stereocenters. The average Bonchev–Trinajstić information content (AvgIpc) is 3.52. The molecule has 0 saturated carbocycles. The number of para-hydroxylation sites is 1. The van der Waals surface area contributed by atoms with Crippen molar-refractivity contribution in [3.63, 3.8) is 0 Å². The molecular weight excluding hydrogens is 610 g/mol. The highest BCUT2D eigenvalue weighted by molar-refractivity contribution is 9.10. The van der Waals surface area contributed by atoms with E-state index in [0.717, 1.165) is 19.9 Å². The molecule has 0 aliphatic heterocycles. The van der Waals surface area contributed by atoms with E-state index in [1.54, 1.807) is 30.3 Å². The molecule has 0 N–H and O–H groups in total. The van der Waals surface area contributed by atoms with Gasteiger partial charge in [-0.3, -0.25) is 4.79 Å². The maximum Gasteiger partial charge on any atom is 0.282 e. The fraction of sp³-hybridized carbons (Fsp3) is 0. The van der Waals surface area contributed by atoms with Crippen LogP contribution < -0.4 is 5.56 Å². The summed E-state index contributed by atoms with van der Waals surface area (Å²) in [6.07, 6.45) is 1.48. The predicted molar refractivity (Wildman–Crippen MR) is 149 cm³/mol. The van der Waals surface area contributed by atoms with E-state index in [2.05, 4.69) is 37.0 Å². The topological polar surface area (TPSA) is 73.5 Å². The fourth-order valence-corrected chi connectivity index (χ4v) is 4.66. The number of benzene rings is 3. The van der Waals surface area contributed by atoms with Gasteiger partial charge in [0.15, 0.2) is 5.76 Å². The second-order valence-corrected chi connectivity index (χ2v) is 10.1. The molecule has 0 saturated heterocycles. The Labute approximate surface area is 226 Å². The summed E-state index contributed by atoms with van der Waals surface area (Å²) in [6.45, 7) is 0. The third kappa shape index (κ3) is 4.21. The SMILES string of the molecule is O=c1c2ccccc2nc(-c2cc3cc(Br)ccc3o2)n1N=Cc1ccc(-c2ccc(Br)c(Cl)c2)o1. The van der Waals surface area contributed by atoms with Crippen LogP contribution in [0.15, 0.2) is 107 Å². The first-order chi connectivity index (χ1) is 17.5. The highest BCUT2D eigenvalue weighted by atomic mass is 79.9. The molecule has 0 radical (unpaired) electrons. The van der Waals surface area contributed by atoms with E-state index in [9.17, 15) is 4.79 Å². The summed E-state index contributed by atoms with van der Waals surface area (Å²) in [5, 5.41) is 6.35. The van der Waals surface area contributed by atoms with Crippen molar-refractivity contribution in [3.8, 4) is 22.9 Å². The maximum atomic E-state index is 13.4. The van der Waals surface area contributed by atoms with Crippen LogP contribution >= 0.6 is 43.5 Å². The molecule has 0 spiro atoms. The van der Waals surface area contributed by atoms with Crippen LogP contribution in [-0.4, -0.2) is 15.9 Å². The second-order valence-electron chi connectivity index (χ2n) is 7.94. The quantitative estimate of drug-likeness (QED) is 0.186. The number of aromatic nitrogens is 2. The van der Waals surface area contributed by atoms with Gasteiger partial charge < -0.3 is 8.83 Å². The molecule has 0 fully saturated rings. The molecule has 0 amide bonds. The molecule has 6 aromatic rings. The third-order valence-corrected chi connectivity index (χ3v) is 7.31. The number of hydrogen-bond acceptors (Lipinski definition) is 5. The van der Waals surface area contributed by atoms with Crippen LogP contribution in [0.4, 0.5) is 0 Å². The first-order valence-electron chi connectivity index (χ1n) is 10.8. The second kappa shape index (κ2) is 9.20. The number of fused-ring (bicyclic) bond motifs is 2. The average molecular weight is 624 g/mol. The van der Waals surface area contributed by atoms with Crippen molar-refractivity contribution in [2.45, 2.75) is 0 Å². The molecule has 36 heavy (non-hydrogen) atoms. The lowest BCUT2D eigenvalue weighted by molar-refractivity contribution is 0.573. The van der Waals surface area contributed by atoms with E-state index in [-0.39, 0.29) is 11.4 Å². The minimum Gasteiger partial charge on any atom is -0.455 e. The van der Waals surface area contributed by atoms with Gasteiger partial charge in [0.1, 0.15) is 17.1 Å². The Hall–Kier alpha value is -3.46. The van der Waals surface area contributed by atoms with Crippen molar-refractivity contribution in [1.82, 2.24) is 9.66 Å². The van der Waals surface area contributed by atoms with Crippen molar-refractivity contribution < 1.29 is 8.83 Å². The van der Waals surface area contributed by atoms with E-state index >= 15 is 0 Å². The Bertz CT molecular complexity index is 1870. The first-order valence-corrected chi connectivity index (χ1v) is 12.7. The lowest BCUT2D eigenvalue weighted by Crippen LogP contribution is -2.20. The zero-order chi connectivity index (χ0) is 24.8. The van der Waals surface area contributed by atoms with E-state index in [0.29, 0.717) is 38.8 Å². The van der Waals surface area contributed by atoms with E-state index in [1.807, 2.05) is 48.5 Å². The van der Waals surface area contributed by atoms with Crippen molar-refractivity contribution in [1.29, 1.82) is 0 Å². The zero-order valence-electron chi connectivity index (χ0n) is 18.3. The van der Waals surface area contributed by atoms with Gasteiger partial charge in [-0.25, -0.2) is 4.98 Å². The van der Waals surface area contributed by atoms with E-state index in [4.69, 9.17) is 25.4 Å². The number of halogens is 3. The molecule has 0 aliphatic rings. The van der Waals surface area contributed by atoms with Crippen LogP contribution in [0.25, 0.3) is 44.8 Å². The predicted octanol–water partition coefficient (Wildman–Crippen LogP) is 8.13. The summed E-state index contributed by atoms with van der Waals surface area (Å²) in [6, 6.07) is 23.8. The molecule has 3 aromatic heterocycles. The Morgan fingerprint density at radius 1 is 0.917 bits per heavy atom. The molecule has 176 valence electrons. The highest BCUT2D eigenvalue weighted by Crippen LogP contribution is 2.31. The summed E-state index contributed by atoms with van der Waals surface area (Å²) in [7, 11) is 0. The number of nitrogens with zero attached hydrogens (tertiary/aromatic N) is 3. The molecule has 0 aliphatic carbocycles. The Morgan fingerprint density at radius 2 is 1.78 bits per heavy atom. The summed E-state index contributed by atoms with van der Waals surface area (Å²) < 4.78 is 14.9. The van der Waals surface area contributed by atoms with Gasteiger partial charge in [-0.05, 0) is 76.6 Å². The lowest BCUT2D eigenvalue weighted by atomic mass is 10.2. The van der Waals surface area contributed by atoms with Crippen LogP contribution in [0, 0.1) is 0 Å². The Balaban J connectivity index is 1.46. The standard InChI is InChI=1S/C27H14Br2ClN3O3/c28-17-6-9-24-16(11-17)13-25(36-24)26-32-22-4-2-1-3-19(22)27(34)33(26)31-14-18-7-10-23(35-18)15-5-8-20(29)21(30)12-15/h1-14H. The van der Waals surface area contributed by atoms with Gasteiger partial charge in [0.2, 0.25) is 5.82 Å². The van der Waals surface area contributed by atoms with Gasteiger partial charge in [-0.15, -0.1) is 0 Å². The molecular formula is C27H14Br2ClN3O3. The first kappa shape index (κ1) is 23.0. The number of furan rings is 2. The third-order valence-electron chi connectivity index (χ3n) is 5.58. The van der Waals surface area contributed by atoms with Gasteiger partial charge >= 0.3 is 0 Å². The smallest absolute Gasteiger partial charge is 0.282 e. The van der Waals surface area contributed by atoms with Crippen LogP contribution in [0.5, 0.6) is 0 Å². The van der Waals surface area contributed by atoms with Crippen molar-refractivity contribution in [2.24, 2.45) is 5.10 Å². The zero-order valence-corrected chi connectivity index (χ0v) is 22.2.